The van der Waals surface area contributed by atoms with E-state index < -0.39 is 6.04 Å². The molecule has 0 aromatic heterocycles. The van der Waals surface area contributed by atoms with Crippen LogP contribution >= 0.6 is 0 Å². The highest BCUT2D eigenvalue weighted by Gasteiger charge is 2.36. The lowest BCUT2D eigenvalue weighted by atomic mass is 10.1. The Bertz CT molecular complexity index is 728. The van der Waals surface area contributed by atoms with Gasteiger partial charge in [0.15, 0.2) is 0 Å². The van der Waals surface area contributed by atoms with Crippen LogP contribution in [0.3, 0.4) is 0 Å². The maximum absolute atomic E-state index is 12.5. The third kappa shape index (κ3) is 4.18. The van der Waals surface area contributed by atoms with E-state index in [1.165, 1.54) is 0 Å². The second-order valence-electron chi connectivity index (χ2n) is 6.21. The number of aromatic hydroxyl groups is 1. The summed E-state index contributed by atoms with van der Waals surface area (Å²) in [5.74, 6) is 0.153. The number of para-hydroxylation sites is 1. The average molecular weight is 338 g/mol. The van der Waals surface area contributed by atoms with E-state index in [-0.39, 0.29) is 17.6 Å². The standard InChI is InChI=1S/C20H22N2O3/c23-17-10-8-15(9-11-17)5-4-14-21-20(25)18-12-13-19(24)22(18)16-6-2-1-3-7-16/h1-3,6-11,18,23H,4-5,12-14H2,(H,21,25). The second kappa shape index (κ2) is 7.83. The fraction of sp³-hybridized carbons (Fsp3) is 0.300. The Morgan fingerprint density at radius 3 is 2.56 bits per heavy atom. The van der Waals surface area contributed by atoms with Gasteiger partial charge in [-0.3, -0.25) is 14.5 Å². The first-order chi connectivity index (χ1) is 12.1. The molecule has 1 heterocycles. The number of anilines is 1. The number of amides is 2. The van der Waals surface area contributed by atoms with Crippen LogP contribution in [0.1, 0.15) is 24.8 Å². The van der Waals surface area contributed by atoms with Crippen LogP contribution in [0.5, 0.6) is 5.75 Å². The van der Waals surface area contributed by atoms with Gasteiger partial charge >= 0.3 is 0 Å². The molecule has 1 aliphatic rings. The number of hydrogen-bond acceptors (Lipinski definition) is 3. The van der Waals surface area contributed by atoms with Crippen molar-refractivity contribution < 1.29 is 14.7 Å². The Morgan fingerprint density at radius 2 is 1.84 bits per heavy atom. The van der Waals surface area contributed by atoms with E-state index in [1.54, 1.807) is 17.0 Å². The van der Waals surface area contributed by atoms with E-state index in [1.807, 2.05) is 42.5 Å². The highest BCUT2D eigenvalue weighted by molar-refractivity contribution is 6.03. The maximum atomic E-state index is 12.5. The molecule has 2 N–H and O–H groups in total. The molecule has 3 rings (SSSR count). The lowest BCUT2D eigenvalue weighted by Crippen LogP contribution is -2.45. The topological polar surface area (TPSA) is 69.6 Å². The summed E-state index contributed by atoms with van der Waals surface area (Å²) < 4.78 is 0. The molecule has 0 spiro atoms. The number of rotatable bonds is 6. The Hall–Kier alpha value is -2.82. The van der Waals surface area contributed by atoms with Crippen molar-refractivity contribution in [1.29, 1.82) is 0 Å². The summed E-state index contributed by atoms with van der Waals surface area (Å²) in [6.45, 7) is 0.563. The third-order valence-corrected chi connectivity index (χ3v) is 4.43. The molecular formula is C20H22N2O3. The summed E-state index contributed by atoms with van der Waals surface area (Å²) >= 11 is 0. The predicted molar refractivity (Wildman–Crippen MR) is 96.4 cm³/mol. The minimum absolute atomic E-state index is 0.00422. The smallest absolute Gasteiger partial charge is 0.243 e. The van der Waals surface area contributed by atoms with Gasteiger partial charge in [0, 0.05) is 18.7 Å². The van der Waals surface area contributed by atoms with E-state index in [4.69, 9.17) is 0 Å². The van der Waals surface area contributed by atoms with Crippen LogP contribution in [0.15, 0.2) is 54.6 Å². The van der Waals surface area contributed by atoms with Crippen molar-refractivity contribution in [1.82, 2.24) is 5.32 Å². The zero-order chi connectivity index (χ0) is 17.6. The van der Waals surface area contributed by atoms with Gasteiger partial charge in [-0.1, -0.05) is 30.3 Å². The fourth-order valence-corrected chi connectivity index (χ4v) is 3.13. The monoisotopic (exact) mass is 338 g/mol. The van der Waals surface area contributed by atoms with E-state index in [2.05, 4.69) is 5.32 Å². The zero-order valence-electron chi connectivity index (χ0n) is 14.0. The Morgan fingerprint density at radius 1 is 1.12 bits per heavy atom. The number of carbonyl (C=O) groups is 2. The van der Waals surface area contributed by atoms with Crippen molar-refractivity contribution >= 4 is 17.5 Å². The van der Waals surface area contributed by atoms with Gasteiger partial charge in [-0.2, -0.15) is 0 Å². The van der Waals surface area contributed by atoms with E-state index >= 15 is 0 Å². The first-order valence-corrected chi connectivity index (χ1v) is 8.58. The molecule has 2 aromatic rings. The van der Waals surface area contributed by atoms with Crippen LogP contribution in [0.25, 0.3) is 0 Å². The summed E-state index contributed by atoms with van der Waals surface area (Å²) in [4.78, 5) is 26.3. The van der Waals surface area contributed by atoms with Gasteiger partial charge in [0.1, 0.15) is 11.8 Å². The largest absolute Gasteiger partial charge is 0.508 e. The van der Waals surface area contributed by atoms with Crippen molar-refractivity contribution in [3.8, 4) is 5.75 Å². The molecule has 1 fully saturated rings. The molecule has 1 aliphatic heterocycles. The predicted octanol–water partition coefficient (Wildman–Crippen LogP) is 2.64. The van der Waals surface area contributed by atoms with Gasteiger partial charge in [0.25, 0.3) is 0 Å². The van der Waals surface area contributed by atoms with Crippen LogP contribution < -0.4 is 10.2 Å². The Labute approximate surface area is 147 Å². The number of nitrogens with one attached hydrogen (secondary N) is 1. The molecule has 0 aliphatic carbocycles. The molecule has 0 bridgehead atoms. The summed E-state index contributed by atoms with van der Waals surface area (Å²) in [5, 5.41) is 12.2. The van der Waals surface area contributed by atoms with E-state index in [9.17, 15) is 14.7 Å². The van der Waals surface area contributed by atoms with Gasteiger partial charge in [0.2, 0.25) is 11.8 Å². The van der Waals surface area contributed by atoms with Crippen molar-refractivity contribution in [2.75, 3.05) is 11.4 Å². The van der Waals surface area contributed by atoms with Crippen LogP contribution in [-0.2, 0) is 16.0 Å². The fourth-order valence-electron chi connectivity index (χ4n) is 3.13. The lowest BCUT2D eigenvalue weighted by Gasteiger charge is -2.24. The molecule has 5 heteroatoms. The molecule has 130 valence electrons. The van der Waals surface area contributed by atoms with Gasteiger partial charge in [-0.25, -0.2) is 0 Å². The van der Waals surface area contributed by atoms with E-state index in [0.29, 0.717) is 19.4 Å². The van der Waals surface area contributed by atoms with Crippen molar-refractivity contribution in [2.45, 2.75) is 31.7 Å². The molecule has 1 atom stereocenters. The molecule has 25 heavy (non-hydrogen) atoms. The number of carbonyl (C=O) groups excluding carboxylic acids is 2. The molecule has 1 unspecified atom stereocenters. The summed E-state index contributed by atoms with van der Waals surface area (Å²) in [5.41, 5.74) is 1.89. The molecule has 0 radical (unpaired) electrons. The van der Waals surface area contributed by atoms with Gasteiger partial charge < -0.3 is 10.4 Å². The highest BCUT2D eigenvalue weighted by Crippen LogP contribution is 2.26. The number of phenols is 1. The molecule has 1 saturated heterocycles. The number of phenolic OH excluding ortho intramolecular Hbond substituents is 1. The van der Waals surface area contributed by atoms with Gasteiger partial charge in [-0.15, -0.1) is 0 Å². The number of nitrogens with zero attached hydrogens (tertiary/aromatic N) is 1. The van der Waals surface area contributed by atoms with Crippen molar-refractivity contribution in [3.63, 3.8) is 0 Å². The van der Waals surface area contributed by atoms with Gasteiger partial charge in [-0.05, 0) is 49.1 Å². The SMILES string of the molecule is O=C(NCCCc1ccc(O)cc1)C1CCC(=O)N1c1ccccc1. The normalized spacial score (nSPS) is 16.9. The minimum atomic E-state index is -0.427. The number of benzene rings is 2. The van der Waals surface area contributed by atoms with E-state index in [0.717, 1.165) is 24.1 Å². The molecule has 0 saturated carbocycles. The van der Waals surface area contributed by atoms with Crippen molar-refractivity contribution in [3.05, 3.63) is 60.2 Å². The van der Waals surface area contributed by atoms with Crippen LogP contribution in [0.4, 0.5) is 5.69 Å². The average Bonchev–Trinajstić information content (AvgIpc) is 3.02. The maximum Gasteiger partial charge on any atom is 0.243 e. The first-order valence-electron chi connectivity index (χ1n) is 8.58. The molecule has 2 amide bonds. The zero-order valence-corrected chi connectivity index (χ0v) is 14.0. The van der Waals surface area contributed by atoms with Crippen LogP contribution in [0, 0.1) is 0 Å². The minimum Gasteiger partial charge on any atom is -0.508 e. The first kappa shape index (κ1) is 17.0. The molecule has 5 nitrogen and oxygen atoms in total. The quantitative estimate of drug-likeness (QED) is 0.796. The Kier molecular flexibility index (Phi) is 5.33. The van der Waals surface area contributed by atoms with Gasteiger partial charge in [0.05, 0.1) is 0 Å². The number of hydrogen-bond donors (Lipinski definition) is 2. The number of aryl methyl sites for hydroxylation is 1. The lowest BCUT2D eigenvalue weighted by molar-refractivity contribution is -0.123. The molecule has 2 aromatic carbocycles. The Balaban J connectivity index is 1.52. The third-order valence-electron chi connectivity index (χ3n) is 4.43. The summed E-state index contributed by atoms with van der Waals surface area (Å²) in [6.07, 6.45) is 2.59. The van der Waals surface area contributed by atoms with Crippen LogP contribution in [0.2, 0.25) is 0 Å². The highest BCUT2D eigenvalue weighted by atomic mass is 16.3. The summed E-state index contributed by atoms with van der Waals surface area (Å²) in [7, 11) is 0. The summed E-state index contributed by atoms with van der Waals surface area (Å²) in [6, 6.07) is 16.0. The van der Waals surface area contributed by atoms with Crippen molar-refractivity contribution in [2.24, 2.45) is 0 Å². The van der Waals surface area contributed by atoms with Crippen LogP contribution in [-0.4, -0.2) is 29.5 Å². The molecular weight excluding hydrogens is 316 g/mol. The second-order valence-corrected chi connectivity index (χ2v) is 6.21.